The molecule has 3 heterocycles. The summed E-state index contributed by atoms with van der Waals surface area (Å²) in [5, 5.41) is 45.8. The predicted molar refractivity (Wildman–Crippen MR) is 149 cm³/mol. The zero-order valence-corrected chi connectivity index (χ0v) is 23.7. The quantitative estimate of drug-likeness (QED) is 0.199. The first-order chi connectivity index (χ1) is 17.8. The molecular formula is C25H34ClN7O4S. The number of amidine groups is 1. The van der Waals surface area contributed by atoms with Gasteiger partial charge in [-0.2, -0.15) is 4.37 Å². The fraction of sp³-hybridized carbons (Fsp3) is 0.440. The molecular weight excluding hydrogens is 530 g/mol. The molecule has 2 aromatic heterocycles. The van der Waals surface area contributed by atoms with Crippen LogP contribution in [0.2, 0.25) is 0 Å². The molecule has 0 fully saturated rings. The average Bonchev–Trinajstić information content (AvgIpc) is 3.36. The molecule has 0 bridgehead atoms. The van der Waals surface area contributed by atoms with E-state index in [1.807, 2.05) is 32.0 Å². The Balaban J connectivity index is 1.84. The second-order valence-electron chi connectivity index (χ2n) is 9.46. The SMILES string of the molecule is CC1=C(/C(Cl)=C\C(C)N(C)C)CC(O)N1C(=O)c1cc(Nc2snc(O)c2C(=N)NC(C)C(C)O)ccn1. The van der Waals surface area contributed by atoms with E-state index in [1.165, 1.54) is 17.2 Å². The topological polar surface area (TPSA) is 158 Å². The van der Waals surface area contributed by atoms with E-state index in [0.717, 1.165) is 11.5 Å². The number of anilines is 2. The number of amides is 1. The van der Waals surface area contributed by atoms with Gasteiger partial charge in [0.25, 0.3) is 5.91 Å². The molecule has 206 valence electrons. The minimum absolute atomic E-state index is 0.0668. The van der Waals surface area contributed by atoms with Crippen molar-refractivity contribution >= 4 is 45.6 Å². The van der Waals surface area contributed by atoms with Gasteiger partial charge in [0.2, 0.25) is 5.88 Å². The van der Waals surface area contributed by atoms with Crippen LogP contribution in [0.5, 0.6) is 5.88 Å². The van der Waals surface area contributed by atoms with Gasteiger partial charge in [-0.1, -0.05) is 11.6 Å². The Morgan fingerprint density at radius 1 is 1.37 bits per heavy atom. The largest absolute Gasteiger partial charge is 0.492 e. The summed E-state index contributed by atoms with van der Waals surface area (Å²) in [6, 6.07) is 2.78. The van der Waals surface area contributed by atoms with Crippen molar-refractivity contribution in [3.63, 3.8) is 0 Å². The molecule has 1 aliphatic rings. The van der Waals surface area contributed by atoms with Gasteiger partial charge in [0.05, 0.1) is 12.1 Å². The number of carbonyl (C=O) groups excluding carboxylic acids is 1. The lowest BCUT2D eigenvalue weighted by atomic mass is 10.1. The first-order valence-corrected chi connectivity index (χ1v) is 13.2. The minimum atomic E-state index is -1.08. The van der Waals surface area contributed by atoms with Crippen LogP contribution in [0.25, 0.3) is 0 Å². The number of aliphatic hydroxyl groups is 2. The number of allylic oxidation sites excluding steroid dienone is 2. The van der Waals surface area contributed by atoms with Crippen LogP contribution in [0.1, 0.15) is 50.2 Å². The van der Waals surface area contributed by atoms with Gasteiger partial charge in [0.1, 0.15) is 28.3 Å². The molecule has 4 atom stereocenters. The van der Waals surface area contributed by atoms with Crippen molar-refractivity contribution < 1.29 is 20.1 Å². The number of hydrogen-bond acceptors (Lipinski definition) is 10. The van der Waals surface area contributed by atoms with Crippen molar-refractivity contribution in [2.24, 2.45) is 0 Å². The molecule has 13 heteroatoms. The number of likely N-dealkylation sites (N-methyl/N-ethyl adjacent to an activating group) is 1. The lowest BCUT2D eigenvalue weighted by Crippen LogP contribution is -2.39. The third-order valence-electron chi connectivity index (χ3n) is 6.45. The number of hydrogen-bond donors (Lipinski definition) is 6. The Labute approximate surface area is 231 Å². The van der Waals surface area contributed by atoms with Crippen molar-refractivity contribution in [1.29, 1.82) is 5.41 Å². The number of aliphatic hydroxyl groups excluding tert-OH is 2. The van der Waals surface area contributed by atoms with Gasteiger partial charge >= 0.3 is 0 Å². The molecule has 3 rings (SSSR count). The number of rotatable bonds is 9. The highest BCUT2D eigenvalue weighted by Gasteiger charge is 2.35. The number of aromatic nitrogens is 2. The molecule has 4 unspecified atom stereocenters. The van der Waals surface area contributed by atoms with Crippen LogP contribution < -0.4 is 10.6 Å². The van der Waals surface area contributed by atoms with Gasteiger partial charge < -0.3 is 30.9 Å². The molecule has 6 N–H and O–H groups in total. The first kappa shape index (κ1) is 29.5. The van der Waals surface area contributed by atoms with Crippen molar-refractivity contribution in [2.45, 2.75) is 58.5 Å². The van der Waals surface area contributed by atoms with Gasteiger partial charge in [0.15, 0.2) is 0 Å². The summed E-state index contributed by atoms with van der Waals surface area (Å²) >= 11 is 7.49. The Morgan fingerprint density at radius 2 is 2.05 bits per heavy atom. The maximum Gasteiger partial charge on any atom is 0.278 e. The van der Waals surface area contributed by atoms with Crippen LogP contribution in [0.15, 0.2) is 40.7 Å². The molecule has 0 aliphatic carbocycles. The molecule has 0 aromatic carbocycles. The summed E-state index contributed by atoms with van der Waals surface area (Å²) in [6.45, 7) is 7.04. The fourth-order valence-electron chi connectivity index (χ4n) is 3.70. The summed E-state index contributed by atoms with van der Waals surface area (Å²) in [5.41, 5.74) is 1.94. The molecule has 38 heavy (non-hydrogen) atoms. The third kappa shape index (κ3) is 6.51. The van der Waals surface area contributed by atoms with Gasteiger partial charge in [-0.3, -0.25) is 20.1 Å². The smallest absolute Gasteiger partial charge is 0.278 e. The van der Waals surface area contributed by atoms with E-state index in [-0.39, 0.29) is 35.4 Å². The number of pyridine rings is 1. The molecule has 1 amide bonds. The van der Waals surface area contributed by atoms with Crippen molar-refractivity contribution in [1.82, 2.24) is 24.5 Å². The number of aromatic hydroxyl groups is 1. The van der Waals surface area contributed by atoms with E-state index < -0.39 is 24.3 Å². The molecule has 1 aliphatic heterocycles. The molecule has 0 spiro atoms. The maximum absolute atomic E-state index is 13.4. The van der Waals surface area contributed by atoms with Gasteiger partial charge in [-0.05, 0) is 77.1 Å². The second-order valence-corrected chi connectivity index (χ2v) is 10.6. The van der Waals surface area contributed by atoms with Crippen LogP contribution >= 0.6 is 23.1 Å². The molecule has 11 nitrogen and oxygen atoms in total. The maximum atomic E-state index is 13.4. The Morgan fingerprint density at radius 3 is 2.68 bits per heavy atom. The summed E-state index contributed by atoms with van der Waals surface area (Å²) < 4.78 is 3.92. The monoisotopic (exact) mass is 563 g/mol. The van der Waals surface area contributed by atoms with Crippen LogP contribution in [-0.2, 0) is 0 Å². The second kappa shape index (κ2) is 12.2. The number of carbonyl (C=O) groups is 1. The van der Waals surface area contributed by atoms with Crippen LogP contribution in [-0.4, -0.2) is 84.7 Å². The average molecular weight is 564 g/mol. The fourth-order valence-corrected chi connectivity index (χ4v) is 4.82. The minimum Gasteiger partial charge on any atom is -0.492 e. The summed E-state index contributed by atoms with van der Waals surface area (Å²) in [6.07, 6.45) is 1.73. The van der Waals surface area contributed by atoms with E-state index >= 15 is 0 Å². The van der Waals surface area contributed by atoms with Crippen molar-refractivity contribution in [3.8, 4) is 5.88 Å². The highest BCUT2D eigenvalue weighted by molar-refractivity contribution is 7.11. The van der Waals surface area contributed by atoms with Crippen molar-refractivity contribution in [3.05, 3.63) is 52.0 Å². The lowest BCUT2D eigenvalue weighted by Gasteiger charge is -2.22. The number of nitrogens with zero attached hydrogens (tertiary/aromatic N) is 4. The van der Waals surface area contributed by atoms with E-state index in [0.29, 0.717) is 27.0 Å². The van der Waals surface area contributed by atoms with E-state index in [1.54, 1.807) is 26.8 Å². The highest BCUT2D eigenvalue weighted by Crippen LogP contribution is 2.36. The number of nitrogens with one attached hydrogen (secondary N) is 3. The zero-order chi connectivity index (χ0) is 28.3. The highest BCUT2D eigenvalue weighted by atomic mass is 35.5. The summed E-state index contributed by atoms with van der Waals surface area (Å²) in [5.74, 6) is -0.939. The summed E-state index contributed by atoms with van der Waals surface area (Å²) in [4.78, 5) is 20.9. The standard InChI is InChI=1S/C25H34ClN7O4S/c1-12(32(5)6)9-18(26)17-11-20(35)33(14(17)3)25(37)19-10-16(7-8-28-19)30-24-21(23(36)31-38-24)22(27)29-13(2)15(4)34/h7-10,12-13,15,20,34-35H,11H2,1-6H3,(H2,27,29)(H,28,30)(H,31,36)/b18-9+. The molecule has 0 saturated carbocycles. The Bertz CT molecular complexity index is 1260. The van der Waals surface area contributed by atoms with E-state index in [9.17, 15) is 20.1 Å². The summed E-state index contributed by atoms with van der Waals surface area (Å²) in [7, 11) is 3.87. The Hall–Kier alpha value is -3.03. The normalized spacial score (nSPS) is 18.5. The van der Waals surface area contributed by atoms with Crippen LogP contribution in [0.3, 0.4) is 0 Å². The lowest BCUT2D eigenvalue weighted by molar-refractivity contribution is 0.0333. The van der Waals surface area contributed by atoms with Crippen molar-refractivity contribution in [2.75, 3.05) is 19.4 Å². The predicted octanol–water partition coefficient (Wildman–Crippen LogP) is 3.18. The number of halogens is 1. The molecule has 0 radical (unpaired) electrons. The molecule has 2 aromatic rings. The zero-order valence-electron chi connectivity index (χ0n) is 22.2. The molecule has 0 saturated heterocycles. The van der Waals surface area contributed by atoms with E-state index in [2.05, 4.69) is 20.0 Å². The van der Waals surface area contributed by atoms with Crippen LogP contribution in [0, 0.1) is 5.41 Å². The van der Waals surface area contributed by atoms with Gasteiger partial charge in [-0.25, -0.2) is 0 Å². The third-order valence-corrected chi connectivity index (χ3v) is 7.56. The van der Waals surface area contributed by atoms with Gasteiger partial charge in [0, 0.05) is 35.1 Å². The first-order valence-electron chi connectivity index (χ1n) is 12.0. The van der Waals surface area contributed by atoms with E-state index in [4.69, 9.17) is 17.0 Å². The Kier molecular flexibility index (Phi) is 9.49. The van der Waals surface area contributed by atoms with Gasteiger partial charge in [-0.15, -0.1) is 0 Å². The van der Waals surface area contributed by atoms with Crippen LogP contribution in [0.4, 0.5) is 10.7 Å².